The number of likely N-dealkylation sites (tertiary alicyclic amines) is 1. The van der Waals surface area contributed by atoms with Gasteiger partial charge in [0, 0.05) is 25.1 Å². The van der Waals surface area contributed by atoms with Crippen LogP contribution in [0.5, 0.6) is 0 Å². The second-order valence-electron chi connectivity index (χ2n) is 6.59. The van der Waals surface area contributed by atoms with Gasteiger partial charge in [0.25, 0.3) is 5.91 Å². The van der Waals surface area contributed by atoms with Gasteiger partial charge in [-0.25, -0.2) is 4.39 Å². The number of amides is 2. The van der Waals surface area contributed by atoms with Gasteiger partial charge in [-0.1, -0.05) is 29.8 Å². The zero-order valence-electron chi connectivity index (χ0n) is 14.4. The number of carbonyl (C=O) groups excluding carboxylic acids is 2. The van der Waals surface area contributed by atoms with E-state index in [4.69, 9.17) is 0 Å². The Morgan fingerprint density at radius 2 is 1.92 bits per heavy atom. The molecule has 2 aromatic carbocycles. The van der Waals surface area contributed by atoms with Crippen molar-refractivity contribution < 1.29 is 14.0 Å². The molecule has 4 nitrogen and oxygen atoms in total. The van der Waals surface area contributed by atoms with E-state index in [-0.39, 0.29) is 30.1 Å². The van der Waals surface area contributed by atoms with Gasteiger partial charge in [-0.05, 0) is 43.2 Å². The highest BCUT2D eigenvalue weighted by Gasteiger charge is 2.30. The van der Waals surface area contributed by atoms with Gasteiger partial charge in [0.1, 0.15) is 5.82 Å². The number of hydrogen-bond acceptors (Lipinski definition) is 2. The number of halogens is 1. The van der Waals surface area contributed by atoms with Crippen LogP contribution in [-0.4, -0.2) is 29.3 Å². The molecule has 25 heavy (non-hydrogen) atoms. The van der Waals surface area contributed by atoms with Crippen molar-refractivity contribution in [3.05, 3.63) is 70.5 Å². The molecule has 1 heterocycles. The second kappa shape index (κ2) is 7.05. The van der Waals surface area contributed by atoms with Crippen LogP contribution in [0.2, 0.25) is 0 Å². The molecule has 1 aliphatic rings. The Kier molecular flexibility index (Phi) is 4.83. The van der Waals surface area contributed by atoms with Gasteiger partial charge in [0.05, 0.1) is 6.04 Å². The van der Waals surface area contributed by atoms with E-state index < -0.39 is 0 Å². The van der Waals surface area contributed by atoms with E-state index in [1.54, 1.807) is 17.0 Å². The quantitative estimate of drug-likeness (QED) is 0.930. The number of aryl methyl sites for hydroxylation is 2. The van der Waals surface area contributed by atoms with Crippen molar-refractivity contribution >= 4 is 11.8 Å². The summed E-state index contributed by atoms with van der Waals surface area (Å²) in [7, 11) is 0. The average Bonchev–Trinajstić information content (AvgIpc) is 2.88. The summed E-state index contributed by atoms with van der Waals surface area (Å²) in [5.41, 5.74) is 3.53. The first-order valence-electron chi connectivity index (χ1n) is 8.32. The maximum atomic E-state index is 13.0. The third-order valence-electron chi connectivity index (χ3n) is 4.46. The summed E-state index contributed by atoms with van der Waals surface area (Å²) in [4.78, 5) is 26.3. The first kappa shape index (κ1) is 17.1. The van der Waals surface area contributed by atoms with Crippen molar-refractivity contribution in [1.82, 2.24) is 10.2 Å². The molecule has 1 N–H and O–H groups in total. The van der Waals surface area contributed by atoms with Crippen molar-refractivity contribution in [3.8, 4) is 0 Å². The fourth-order valence-corrected chi connectivity index (χ4v) is 3.16. The Morgan fingerprint density at radius 3 is 2.60 bits per heavy atom. The lowest BCUT2D eigenvalue weighted by Gasteiger charge is -2.17. The highest BCUT2D eigenvalue weighted by Crippen LogP contribution is 2.17. The summed E-state index contributed by atoms with van der Waals surface area (Å²) in [6.45, 7) is 4.78. The van der Waals surface area contributed by atoms with E-state index in [2.05, 4.69) is 5.32 Å². The van der Waals surface area contributed by atoms with E-state index in [0.29, 0.717) is 18.7 Å². The molecule has 1 unspecified atom stereocenters. The minimum atomic E-state index is -0.296. The van der Waals surface area contributed by atoms with Crippen molar-refractivity contribution in [2.75, 3.05) is 6.54 Å². The molecule has 0 spiro atoms. The molecule has 3 rings (SSSR count). The van der Waals surface area contributed by atoms with Gasteiger partial charge >= 0.3 is 0 Å². The zero-order chi connectivity index (χ0) is 18.0. The van der Waals surface area contributed by atoms with Crippen molar-refractivity contribution in [2.45, 2.75) is 32.9 Å². The average molecular weight is 340 g/mol. The molecule has 1 atom stereocenters. The number of hydrogen-bond donors (Lipinski definition) is 1. The van der Waals surface area contributed by atoms with Crippen molar-refractivity contribution in [3.63, 3.8) is 0 Å². The van der Waals surface area contributed by atoms with Crippen LogP contribution in [0.3, 0.4) is 0 Å². The molecule has 5 heteroatoms. The van der Waals surface area contributed by atoms with Crippen LogP contribution in [0.25, 0.3) is 0 Å². The Labute approximate surface area is 146 Å². The van der Waals surface area contributed by atoms with E-state index in [0.717, 1.165) is 16.7 Å². The summed E-state index contributed by atoms with van der Waals surface area (Å²) < 4.78 is 13.0. The summed E-state index contributed by atoms with van der Waals surface area (Å²) in [5.74, 6) is -0.454. The summed E-state index contributed by atoms with van der Waals surface area (Å²) in [5, 5.41) is 2.95. The number of benzene rings is 2. The van der Waals surface area contributed by atoms with Crippen LogP contribution >= 0.6 is 0 Å². The third-order valence-corrected chi connectivity index (χ3v) is 4.46. The summed E-state index contributed by atoms with van der Waals surface area (Å²) >= 11 is 0. The molecule has 1 aliphatic heterocycles. The normalized spacial score (nSPS) is 17.0. The molecule has 0 radical (unpaired) electrons. The highest BCUT2D eigenvalue weighted by molar-refractivity contribution is 5.96. The standard InChI is InChI=1S/C20H21FN2O2/c1-13-3-8-18(14(2)9-13)20(25)22-17-10-19(24)23(12-17)11-15-4-6-16(21)7-5-15/h3-9,17H,10-12H2,1-2H3,(H,22,25). The topological polar surface area (TPSA) is 49.4 Å². The van der Waals surface area contributed by atoms with Crippen LogP contribution in [0.4, 0.5) is 4.39 Å². The minimum absolute atomic E-state index is 0.00440. The Morgan fingerprint density at radius 1 is 1.20 bits per heavy atom. The summed E-state index contributed by atoms with van der Waals surface area (Å²) in [6.07, 6.45) is 0.290. The fourth-order valence-electron chi connectivity index (χ4n) is 3.16. The predicted octanol–water partition coefficient (Wildman–Crippen LogP) is 2.97. The van der Waals surface area contributed by atoms with Crippen LogP contribution in [-0.2, 0) is 11.3 Å². The molecule has 0 bridgehead atoms. The van der Waals surface area contributed by atoms with Gasteiger partial charge in [0.15, 0.2) is 0 Å². The number of nitrogens with zero attached hydrogens (tertiary/aromatic N) is 1. The maximum absolute atomic E-state index is 13.0. The molecule has 0 saturated carbocycles. The predicted molar refractivity (Wildman–Crippen MR) is 93.6 cm³/mol. The lowest BCUT2D eigenvalue weighted by atomic mass is 10.0. The van der Waals surface area contributed by atoms with E-state index in [1.807, 2.05) is 32.0 Å². The molecule has 0 aliphatic carbocycles. The molecule has 2 amide bonds. The van der Waals surface area contributed by atoms with E-state index in [1.165, 1.54) is 12.1 Å². The van der Waals surface area contributed by atoms with Gasteiger partial charge in [0.2, 0.25) is 5.91 Å². The lowest BCUT2D eigenvalue weighted by Crippen LogP contribution is -2.37. The van der Waals surface area contributed by atoms with Crippen LogP contribution in [0, 0.1) is 19.7 Å². The van der Waals surface area contributed by atoms with Crippen molar-refractivity contribution in [1.29, 1.82) is 0 Å². The first-order chi connectivity index (χ1) is 11.9. The molecule has 130 valence electrons. The van der Waals surface area contributed by atoms with Gasteiger partial charge in [-0.2, -0.15) is 0 Å². The minimum Gasteiger partial charge on any atom is -0.347 e. The fraction of sp³-hybridized carbons (Fsp3) is 0.300. The summed E-state index contributed by atoms with van der Waals surface area (Å²) in [6, 6.07) is 11.6. The van der Waals surface area contributed by atoms with Gasteiger partial charge in [-0.15, -0.1) is 0 Å². The molecular formula is C20H21FN2O2. The molecular weight excluding hydrogens is 319 g/mol. The van der Waals surface area contributed by atoms with Crippen LogP contribution in [0.1, 0.15) is 33.5 Å². The molecule has 1 fully saturated rings. The number of carbonyl (C=O) groups is 2. The Bertz CT molecular complexity index is 802. The smallest absolute Gasteiger partial charge is 0.251 e. The highest BCUT2D eigenvalue weighted by atomic mass is 19.1. The van der Waals surface area contributed by atoms with Gasteiger partial charge in [-0.3, -0.25) is 9.59 Å². The van der Waals surface area contributed by atoms with Gasteiger partial charge < -0.3 is 10.2 Å². The molecule has 1 saturated heterocycles. The SMILES string of the molecule is Cc1ccc(C(=O)NC2CC(=O)N(Cc3ccc(F)cc3)C2)c(C)c1. The third kappa shape index (κ3) is 4.05. The first-order valence-corrected chi connectivity index (χ1v) is 8.32. The van der Waals surface area contributed by atoms with Crippen molar-refractivity contribution in [2.24, 2.45) is 0 Å². The number of rotatable bonds is 4. The Balaban J connectivity index is 1.62. The van der Waals surface area contributed by atoms with E-state index >= 15 is 0 Å². The number of nitrogens with one attached hydrogen (secondary N) is 1. The lowest BCUT2D eigenvalue weighted by molar-refractivity contribution is -0.128. The van der Waals surface area contributed by atoms with E-state index in [9.17, 15) is 14.0 Å². The van der Waals surface area contributed by atoms with Crippen LogP contribution in [0.15, 0.2) is 42.5 Å². The largest absolute Gasteiger partial charge is 0.347 e. The molecule has 2 aromatic rings. The Hall–Kier alpha value is -2.69. The maximum Gasteiger partial charge on any atom is 0.251 e. The monoisotopic (exact) mass is 340 g/mol. The zero-order valence-corrected chi connectivity index (χ0v) is 14.4. The second-order valence-corrected chi connectivity index (χ2v) is 6.59. The molecule has 0 aromatic heterocycles. The van der Waals surface area contributed by atoms with Crippen LogP contribution < -0.4 is 5.32 Å².